The van der Waals surface area contributed by atoms with Gasteiger partial charge in [-0.2, -0.15) is 0 Å². The molecule has 5 N–H and O–H groups in total. The molecular weight excluding hydrogens is 248 g/mol. The van der Waals surface area contributed by atoms with Gasteiger partial charge in [0.25, 0.3) is 5.56 Å². The molecule has 0 unspecified atom stereocenters. The van der Waals surface area contributed by atoms with Crippen LogP contribution < -0.4 is 22.3 Å². The highest BCUT2D eigenvalue weighted by atomic mass is 16.2. The number of rotatable bonds is 8. The molecule has 0 aliphatic carbocycles. The Morgan fingerprint density at radius 1 is 1.21 bits per heavy atom. The Hall–Kier alpha value is -1.89. The van der Waals surface area contributed by atoms with Gasteiger partial charge in [0.1, 0.15) is 0 Å². The summed E-state index contributed by atoms with van der Waals surface area (Å²) in [4.78, 5) is 38.1. The quantitative estimate of drug-likeness (QED) is 0.463. The lowest BCUT2D eigenvalue weighted by atomic mass is 10.2. The van der Waals surface area contributed by atoms with Gasteiger partial charge in [0.05, 0.1) is 6.42 Å². The minimum absolute atomic E-state index is 0.0328. The van der Waals surface area contributed by atoms with Crippen LogP contribution in [0.2, 0.25) is 0 Å². The molecule has 1 heterocycles. The normalized spacial score (nSPS) is 10.4. The molecule has 0 aromatic carbocycles. The Labute approximate surface area is 110 Å². The van der Waals surface area contributed by atoms with Crippen molar-refractivity contribution in [2.75, 3.05) is 13.1 Å². The van der Waals surface area contributed by atoms with Gasteiger partial charge >= 0.3 is 5.69 Å². The number of amides is 1. The lowest BCUT2D eigenvalue weighted by molar-refractivity contribution is -0.120. The summed E-state index contributed by atoms with van der Waals surface area (Å²) in [5, 5.41) is 2.73. The summed E-state index contributed by atoms with van der Waals surface area (Å²) in [6.45, 7) is 1.28. The van der Waals surface area contributed by atoms with Crippen molar-refractivity contribution in [3.63, 3.8) is 0 Å². The molecule has 1 aromatic rings. The van der Waals surface area contributed by atoms with Crippen LogP contribution in [0.3, 0.4) is 0 Å². The van der Waals surface area contributed by atoms with E-state index in [-0.39, 0.29) is 17.9 Å². The molecule has 0 aliphatic heterocycles. The second kappa shape index (κ2) is 8.25. The Morgan fingerprint density at radius 2 is 1.95 bits per heavy atom. The fourth-order valence-electron chi connectivity index (χ4n) is 1.66. The van der Waals surface area contributed by atoms with Crippen LogP contribution in [-0.2, 0) is 11.2 Å². The Morgan fingerprint density at radius 3 is 2.63 bits per heavy atom. The second-order valence-corrected chi connectivity index (χ2v) is 4.33. The van der Waals surface area contributed by atoms with Gasteiger partial charge in [-0.3, -0.25) is 14.6 Å². The highest BCUT2D eigenvalue weighted by molar-refractivity contribution is 5.78. The molecule has 1 rings (SSSR count). The number of carbonyl (C=O) groups is 1. The molecule has 0 fully saturated rings. The van der Waals surface area contributed by atoms with Crippen LogP contribution in [-0.4, -0.2) is 29.0 Å². The van der Waals surface area contributed by atoms with Crippen molar-refractivity contribution in [3.05, 3.63) is 32.6 Å². The zero-order valence-electron chi connectivity index (χ0n) is 10.8. The van der Waals surface area contributed by atoms with Crippen molar-refractivity contribution in [3.8, 4) is 0 Å². The monoisotopic (exact) mass is 268 g/mol. The van der Waals surface area contributed by atoms with Crippen LogP contribution in [0.15, 0.2) is 15.8 Å². The van der Waals surface area contributed by atoms with Crippen LogP contribution in [0.1, 0.15) is 31.2 Å². The Balaban J connectivity index is 2.27. The van der Waals surface area contributed by atoms with E-state index >= 15 is 0 Å². The first kappa shape index (κ1) is 15.2. The van der Waals surface area contributed by atoms with E-state index in [1.54, 1.807) is 0 Å². The zero-order chi connectivity index (χ0) is 14.1. The number of hydrogen-bond donors (Lipinski definition) is 4. The van der Waals surface area contributed by atoms with Crippen LogP contribution in [0.4, 0.5) is 0 Å². The van der Waals surface area contributed by atoms with E-state index in [4.69, 9.17) is 5.73 Å². The summed E-state index contributed by atoms with van der Waals surface area (Å²) in [6, 6.07) is 0. The number of nitrogens with two attached hydrogens (primary N) is 1. The summed E-state index contributed by atoms with van der Waals surface area (Å²) in [5.41, 5.74) is 4.52. The minimum Gasteiger partial charge on any atom is -0.356 e. The first-order valence-corrected chi connectivity index (χ1v) is 6.41. The lowest BCUT2D eigenvalue weighted by Gasteiger charge is -2.04. The number of unbranched alkanes of at least 4 members (excludes halogenated alkanes) is 3. The minimum atomic E-state index is -0.575. The summed E-state index contributed by atoms with van der Waals surface area (Å²) >= 11 is 0. The van der Waals surface area contributed by atoms with E-state index in [1.165, 1.54) is 6.20 Å². The fourth-order valence-corrected chi connectivity index (χ4v) is 1.66. The van der Waals surface area contributed by atoms with E-state index in [2.05, 4.69) is 15.3 Å². The molecule has 0 saturated carbocycles. The smallest absolute Gasteiger partial charge is 0.325 e. The molecule has 0 spiro atoms. The topological polar surface area (TPSA) is 121 Å². The molecule has 0 radical (unpaired) electrons. The number of aromatic amines is 2. The molecule has 0 aliphatic rings. The van der Waals surface area contributed by atoms with Crippen LogP contribution >= 0.6 is 0 Å². The standard InChI is InChI=1S/C12H20N4O3/c13-5-3-1-2-4-6-14-10(17)7-9-8-15-12(19)16-11(9)18/h8H,1-7,13H2,(H,14,17)(H2,15,16,18,19). The highest BCUT2D eigenvalue weighted by Gasteiger charge is 2.06. The predicted molar refractivity (Wildman–Crippen MR) is 71.9 cm³/mol. The molecule has 106 valence electrons. The van der Waals surface area contributed by atoms with Gasteiger partial charge in [-0.1, -0.05) is 12.8 Å². The number of nitrogens with one attached hydrogen (secondary N) is 3. The summed E-state index contributed by atoms with van der Waals surface area (Å²) in [7, 11) is 0. The van der Waals surface area contributed by atoms with E-state index in [1.807, 2.05) is 0 Å². The first-order chi connectivity index (χ1) is 9.13. The van der Waals surface area contributed by atoms with Crippen molar-refractivity contribution in [2.24, 2.45) is 5.73 Å². The van der Waals surface area contributed by atoms with Gasteiger partial charge in [-0.05, 0) is 19.4 Å². The van der Waals surface area contributed by atoms with Crippen molar-refractivity contribution in [1.82, 2.24) is 15.3 Å². The van der Waals surface area contributed by atoms with Crippen molar-refractivity contribution >= 4 is 5.91 Å². The Kier molecular flexibility index (Phi) is 6.59. The molecule has 7 heteroatoms. The third-order valence-electron chi connectivity index (χ3n) is 2.70. The molecular formula is C12H20N4O3. The van der Waals surface area contributed by atoms with Gasteiger partial charge in [0.2, 0.25) is 5.91 Å². The SMILES string of the molecule is NCCCCCCNC(=O)Cc1c[nH]c(=O)[nH]c1=O. The van der Waals surface area contributed by atoms with Gasteiger partial charge in [0.15, 0.2) is 0 Å². The van der Waals surface area contributed by atoms with Gasteiger partial charge in [-0.25, -0.2) is 4.79 Å². The molecule has 1 aromatic heterocycles. The molecule has 19 heavy (non-hydrogen) atoms. The van der Waals surface area contributed by atoms with E-state index in [0.717, 1.165) is 25.7 Å². The van der Waals surface area contributed by atoms with Crippen molar-refractivity contribution in [1.29, 1.82) is 0 Å². The van der Waals surface area contributed by atoms with Crippen LogP contribution in [0.25, 0.3) is 0 Å². The predicted octanol–water partition coefficient (Wildman–Crippen LogP) is -0.759. The number of aromatic nitrogens is 2. The first-order valence-electron chi connectivity index (χ1n) is 6.41. The van der Waals surface area contributed by atoms with Gasteiger partial charge < -0.3 is 16.0 Å². The average molecular weight is 268 g/mol. The van der Waals surface area contributed by atoms with Gasteiger partial charge in [0, 0.05) is 18.3 Å². The van der Waals surface area contributed by atoms with Gasteiger partial charge in [-0.15, -0.1) is 0 Å². The zero-order valence-corrected chi connectivity index (χ0v) is 10.8. The average Bonchev–Trinajstić information content (AvgIpc) is 2.37. The van der Waals surface area contributed by atoms with Crippen LogP contribution in [0.5, 0.6) is 0 Å². The van der Waals surface area contributed by atoms with Crippen molar-refractivity contribution in [2.45, 2.75) is 32.1 Å². The molecule has 1 amide bonds. The summed E-state index contributed by atoms with van der Waals surface area (Å²) in [5.74, 6) is -0.226. The summed E-state index contributed by atoms with van der Waals surface area (Å²) in [6.07, 6.45) is 5.22. The van der Waals surface area contributed by atoms with Crippen LogP contribution in [0, 0.1) is 0 Å². The lowest BCUT2D eigenvalue weighted by Crippen LogP contribution is -2.31. The van der Waals surface area contributed by atoms with Crippen molar-refractivity contribution < 1.29 is 4.79 Å². The molecule has 0 saturated heterocycles. The second-order valence-electron chi connectivity index (χ2n) is 4.33. The highest BCUT2D eigenvalue weighted by Crippen LogP contribution is 1.97. The fraction of sp³-hybridized carbons (Fsp3) is 0.583. The maximum Gasteiger partial charge on any atom is 0.325 e. The maximum atomic E-state index is 11.6. The number of hydrogen-bond acceptors (Lipinski definition) is 4. The van der Waals surface area contributed by atoms with E-state index in [9.17, 15) is 14.4 Å². The third kappa shape index (κ3) is 6.01. The maximum absolute atomic E-state index is 11.6. The molecule has 0 bridgehead atoms. The Bertz CT molecular complexity index is 506. The third-order valence-corrected chi connectivity index (χ3v) is 2.70. The number of carbonyl (C=O) groups excluding carboxylic acids is 1. The van der Waals surface area contributed by atoms with E-state index < -0.39 is 11.2 Å². The molecule has 0 atom stereocenters. The number of H-pyrrole nitrogens is 2. The summed E-state index contributed by atoms with van der Waals surface area (Å²) < 4.78 is 0. The molecule has 7 nitrogen and oxygen atoms in total. The van der Waals surface area contributed by atoms with E-state index in [0.29, 0.717) is 13.1 Å². The largest absolute Gasteiger partial charge is 0.356 e.